The number of hydrogen-bond acceptors (Lipinski definition) is 2. The van der Waals surface area contributed by atoms with E-state index in [0.717, 1.165) is 10.9 Å². The molecule has 1 aromatic heterocycles. The van der Waals surface area contributed by atoms with Gasteiger partial charge >= 0.3 is 12.1 Å². The number of hydrogen-bond donors (Lipinski definition) is 1. The van der Waals surface area contributed by atoms with Crippen LogP contribution in [0.5, 0.6) is 0 Å². The molecule has 0 atom stereocenters. The summed E-state index contributed by atoms with van der Waals surface area (Å²) in [4.78, 5) is 0. The lowest BCUT2D eigenvalue weighted by molar-refractivity contribution is -0.291. The quantitative estimate of drug-likeness (QED) is 0.470. The molecular weight excluding hydrogens is 408 g/mol. The van der Waals surface area contributed by atoms with Gasteiger partial charge in [-0.2, -0.15) is 27.1 Å². The summed E-state index contributed by atoms with van der Waals surface area (Å²) < 4.78 is 64.5. The summed E-state index contributed by atoms with van der Waals surface area (Å²) in [5, 5.41) is 3.37. The van der Waals surface area contributed by atoms with E-state index in [0.29, 0.717) is 11.3 Å². The van der Waals surface area contributed by atoms with Gasteiger partial charge in [-0.3, -0.25) is 4.68 Å². The molecule has 0 bridgehead atoms. The molecule has 1 heterocycles. The van der Waals surface area contributed by atoms with Gasteiger partial charge in [0, 0.05) is 11.9 Å². The molecule has 9 heteroatoms. The molecule has 0 unspecified atom stereocenters. The Bertz CT molecular complexity index is 633. The number of benzene rings is 1. The van der Waals surface area contributed by atoms with Crippen LogP contribution in [0.25, 0.3) is 0 Å². The van der Waals surface area contributed by atoms with Gasteiger partial charge in [-0.15, -0.1) is 0 Å². The summed E-state index contributed by atoms with van der Waals surface area (Å²) in [7, 11) is 0. The highest BCUT2D eigenvalue weighted by Crippen LogP contribution is 2.44. The van der Waals surface area contributed by atoms with Crippen LogP contribution in [0.2, 0.25) is 0 Å². The molecule has 0 saturated heterocycles. The largest absolute Gasteiger partial charge is 0.459 e. The highest BCUT2D eigenvalue weighted by Gasteiger charge is 2.61. The van der Waals surface area contributed by atoms with Crippen LogP contribution in [0.4, 0.5) is 27.6 Å². The van der Waals surface area contributed by atoms with Gasteiger partial charge in [-0.05, 0) is 40.3 Å². The molecule has 0 aliphatic carbocycles. The molecule has 2 N–H and O–H groups in total. The second-order valence-corrected chi connectivity index (χ2v) is 5.50. The lowest BCUT2D eigenvalue weighted by atomic mass is 10.2. The Morgan fingerprint density at radius 2 is 1.67 bits per heavy atom. The molecule has 2 rings (SSSR count). The minimum Gasteiger partial charge on any atom is -0.399 e. The molecule has 3 nitrogen and oxygen atoms in total. The van der Waals surface area contributed by atoms with E-state index < -0.39 is 17.8 Å². The minimum absolute atomic E-state index is 0.0736. The first kappa shape index (κ1) is 16.0. The zero-order valence-electron chi connectivity index (χ0n) is 10.3. The number of rotatable bonds is 3. The van der Waals surface area contributed by atoms with Gasteiger partial charge in [-0.1, -0.05) is 12.1 Å². The van der Waals surface area contributed by atoms with Crippen LogP contribution in [0.15, 0.2) is 30.5 Å². The van der Waals surface area contributed by atoms with Gasteiger partial charge in [0.2, 0.25) is 0 Å². The van der Waals surface area contributed by atoms with Crippen molar-refractivity contribution in [1.29, 1.82) is 0 Å². The van der Waals surface area contributed by atoms with E-state index in [9.17, 15) is 22.0 Å². The van der Waals surface area contributed by atoms with E-state index in [1.807, 2.05) is 0 Å². The Kier molecular flexibility index (Phi) is 4.13. The monoisotopic (exact) mass is 417 g/mol. The number of nitrogens with zero attached hydrogens (tertiary/aromatic N) is 2. The van der Waals surface area contributed by atoms with Crippen molar-refractivity contribution in [2.75, 3.05) is 5.73 Å². The topological polar surface area (TPSA) is 43.8 Å². The van der Waals surface area contributed by atoms with Gasteiger partial charge in [0.05, 0.1) is 10.1 Å². The van der Waals surface area contributed by atoms with Crippen molar-refractivity contribution in [1.82, 2.24) is 9.78 Å². The normalized spacial score (nSPS) is 12.7. The lowest BCUT2D eigenvalue weighted by Gasteiger charge is -2.17. The number of halogens is 6. The van der Waals surface area contributed by atoms with Crippen LogP contribution in [-0.2, 0) is 12.5 Å². The second kappa shape index (κ2) is 5.43. The molecule has 0 aliphatic heterocycles. The number of anilines is 1. The van der Waals surface area contributed by atoms with Crippen molar-refractivity contribution >= 4 is 28.3 Å². The molecule has 0 radical (unpaired) electrons. The van der Waals surface area contributed by atoms with Gasteiger partial charge in [0.25, 0.3) is 0 Å². The second-order valence-electron chi connectivity index (χ2n) is 4.34. The third-order valence-electron chi connectivity index (χ3n) is 2.69. The first-order chi connectivity index (χ1) is 9.61. The molecular formula is C12H9F5IN3. The Hall–Kier alpha value is -1.39. The van der Waals surface area contributed by atoms with E-state index in [4.69, 9.17) is 5.73 Å². The van der Waals surface area contributed by atoms with E-state index in [2.05, 4.69) is 5.10 Å². The molecule has 21 heavy (non-hydrogen) atoms. The van der Waals surface area contributed by atoms with Crippen LogP contribution >= 0.6 is 22.6 Å². The van der Waals surface area contributed by atoms with Crippen molar-refractivity contribution in [2.45, 2.75) is 18.6 Å². The number of nitrogen functional groups attached to an aromatic ring is 1. The zero-order valence-corrected chi connectivity index (χ0v) is 12.5. The molecule has 0 fully saturated rings. The minimum atomic E-state index is -5.67. The predicted molar refractivity (Wildman–Crippen MR) is 74.8 cm³/mol. The number of aromatic nitrogens is 2. The first-order valence-electron chi connectivity index (χ1n) is 5.63. The molecule has 114 valence electrons. The third-order valence-corrected chi connectivity index (χ3v) is 3.48. The maximum absolute atomic E-state index is 13.3. The number of alkyl halides is 5. The summed E-state index contributed by atoms with van der Waals surface area (Å²) in [5.41, 5.74) is 5.43. The van der Waals surface area contributed by atoms with Gasteiger partial charge < -0.3 is 5.73 Å². The summed E-state index contributed by atoms with van der Waals surface area (Å²) in [6, 6.07) is 6.50. The van der Waals surface area contributed by atoms with Crippen molar-refractivity contribution in [3.05, 3.63) is 45.3 Å². The maximum atomic E-state index is 13.3. The first-order valence-corrected chi connectivity index (χ1v) is 6.71. The molecule has 0 spiro atoms. The predicted octanol–water partition coefficient (Wildman–Crippen LogP) is 3.77. The standard InChI is InChI=1S/C12H9F5IN3/c13-11(14,12(15,16)17)10-9(18)6-21(20-10)5-7-1-3-8(19)4-2-7/h1-4,6H,5,19H2. The fraction of sp³-hybridized carbons (Fsp3) is 0.250. The Labute approximate surface area is 130 Å². The van der Waals surface area contributed by atoms with Crippen LogP contribution in [0.3, 0.4) is 0 Å². The smallest absolute Gasteiger partial charge is 0.399 e. The van der Waals surface area contributed by atoms with Crippen LogP contribution in [-0.4, -0.2) is 16.0 Å². The Morgan fingerprint density at radius 1 is 1.10 bits per heavy atom. The van der Waals surface area contributed by atoms with Crippen LogP contribution in [0, 0.1) is 3.57 Å². The summed E-state index contributed by atoms with van der Waals surface area (Å²) >= 11 is 1.41. The molecule has 1 aromatic carbocycles. The van der Waals surface area contributed by atoms with Gasteiger partial charge in [-0.25, -0.2) is 0 Å². The van der Waals surface area contributed by atoms with Crippen molar-refractivity contribution in [3.63, 3.8) is 0 Å². The fourth-order valence-corrected chi connectivity index (χ4v) is 2.40. The van der Waals surface area contributed by atoms with Crippen molar-refractivity contribution in [3.8, 4) is 0 Å². The summed E-state index contributed by atoms with van der Waals surface area (Å²) in [6.07, 6.45) is -4.53. The Balaban J connectivity index is 2.29. The highest BCUT2D eigenvalue weighted by molar-refractivity contribution is 14.1. The van der Waals surface area contributed by atoms with E-state index in [1.165, 1.54) is 22.6 Å². The molecule has 0 saturated carbocycles. The Morgan fingerprint density at radius 3 is 2.19 bits per heavy atom. The highest BCUT2D eigenvalue weighted by atomic mass is 127. The molecule has 0 aliphatic rings. The van der Waals surface area contributed by atoms with E-state index in [1.54, 1.807) is 24.3 Å². The maximum Gasteiger partial charge on any atom is 0.459 e. The third kappa shape index (κ3) is 3.27. The average molecular weight is 417 g/mol. The van der Waals surface area contributed by atoms with Crippen molar-refractivity contribution < 1.29 is 22.0 Å². The van der Waals surface area contributed by atoms with Gasteiger partial charge in [0.15, 0.2) is 5.69 Å². The van der Waals surface area contributed by atoms with Gasteiger partial charge in [0.1, 0.15) is 0 Å². The summed E-state index contributed by atoms with van der Waals surface area (Å²) in [6.45, 7) is 0.0736. The number of nitrogens with two attached hydrogens (primary N) is 1. The van der Waals surface area contributed by atoms with E-state index in [-0.39, 0.29) is 10.1 Å². The van der Waals surface area contributed by atoms with E-state index >= 15 is 0 Å². The lowest BCUT2D eigenvalue weighted by Crippen LogP contribution is -2.34. The zero-order chi connectivity index (χ0) is 15.8. The van der Waals surface area contributed by atoms with Crippen LogP contribution < -0.4 is 5.73 Å². The summed E-state index contributed by atoms with van der Waals surface area (Å²) in [5.74, 6) is -4.98. The molecule has 0 amide bonds. The molecule has 2 aromatic rings. The SMILES string of the molecule is Nc1ccc(Cn2cc(I)c(C(F)(F)C(F)(F)F)n2)cc1. The average Bonchev–Trinajstić information content (AvgIpc) is 2.72. The van der Waals surface area contributed by atoms with Crippen LogP contribution in [0.1, 0.15) is 11.3 Å². The van der Waals surface area contributed by atoms with Crippen molar-refractivity contribution in [2.24, 2.45) is 0 Å². The fourth-order valence-electron chi connectivity index (χ4n) is 1.64.